The number of anilines is 1. The van der Waals surface area contributed by atoms with Gasteiger partial charge in [-0.25, -0.2) is 22.7 Å². The van der Waals surface area contributed by atoms with Crippen molar-refractivity contribution in [2.24, 2.45) is 5.92 Å². The third-order valence-electron chi connectivity index (χ3n) is 4.57. The second kappa shape index (κ2) is 11.2. The minimum atomic E-state index is -4.03. The van der Waals surface area contributed by atoms with Gasteiger partial charge in [0.15, 0.2) is 16.8 Å². The zero-order valence-electron chi connectivity index (χ0n) is 19.2. The highest BCUT2D eigenvalue weighted by atomic mass is 35.5. The zero-order chi connectivity index (χ0) is 24.9. The van der Waals surface area contributed by atoms with Crippen LogP contribution in [0.3, 0.4) is 0 Å². The van der Waals surface area contributed by atoms with E-state index in [0.29, 0.717) is 5.75 Å². The van der Waals surface area contributed by atoms with Gasteiger partial charge >= 0.3 is 0 Å². The fourth-order valence-electron chi connectivity index (χ4n) is 3.05. The van der Waals surface area contributed by atoms with E-state index >= 15 is 0 Å². The average molecular weight is 526 g/mol. The molecule has 3 rings (SSSR count). The van der Waals surface area contributed by atoms with Crippen LogP contribution in [0, 0.1) is 5.92 Å². The Balaban J connectivity index is 2.23. The summed E-state index contributed by atoms with van der Waals surface area (Å²) < 4.78 is 45.0. The van der Waals surface area contributed by atoms with E-state index < -0.39 is 10.0 Å². The Morgan fingerprint density at radius 3 is 2.35 bits per heavy atom. The molecule has 0 aliphatic heterocycles. The molecule has 0 saturated carbocycles. The molecule has 11 heteroatoms. The fraction of sp³-hybridized carbons (Fsp3) is 0.304. The van der Waals surface area contributed by atoms with Crippen molar-refractivity contribution in [2.45, 2.75) is 25.3 Å². The van der Waals surface area contributed by atoms with E-state index in [1.807, 2.05) is 13.8 Å². The highest BCUT2D eigenvalue weighted by Crippen LogP contribution is 2.41. The van der Waals surface area contributed by atoms with E-state index in [2.05, 4.69) is 9.97 Å². The number of nitrogens with zero attached hydrogens (tertiary/aromatic N) is 3. The van der Waals surface area contributed by atoms with E-state index in [1.165, 1.54) is 30.7 Å². The normalized spacial score (nSPS) is 11.5. The molecule has 0 fully saturated rings. The van der Waals surface area contributed by atoms with Gasteiger partial charge in [0.25, 0.3) is 10.0 Å². The Hall–Kier alpha value is -2.59. The second-order valence-corrected chi connectivity index (χ2v) is 10.3. The fourth-order valence-corrected chi connectivity index (χ4v) is 5.03. The van der Waals surface area contributed by atoms with E-state index in [9.17, 15) is 8.42 Å². The molecule has 0 saturated heterocycles. The van der Waals surface area contributed by atoms with Crippen LogP contribution in [0.1, 0.15) is 19.7 Å². The Morgan fingerprint density at radius 1 is 1.03 bits per heavy atom. The Bertz CT molecular complexity index is 1240. The van der Waals surface area contributed by atoms with Crippen molar-refractivity contribution in [1.29, 1.82) is 0 Å². The van der Waals surface area contributed by atoms with Crippen molar-refractivity contribution >= 4 is 39.0 Å². The van der Waals surface area contributed by atoms with E-state index in [1.54, 1.807) is 36.4 Å². The number of benzene rings is 2. The molecule has 0 atom stereocenters. The van der Waals surface area contributed by atoms with Crippen LogP contribution < -0.4 is 13.8 Å². The third-order valence-corrected chi connectivity index (χ3v) is 6.91. The summed E-state index contributed by atoms with van der Waals surface area (Å²) in [5.41, 5.74) is 0. The van der Waals surface area contributed by atoms with Gasteiger partial charge in [-0.2, -0.15) is 0 Å². The number of halogens is 2. The molecule has 0 N–H and O–H groups in total. The topological polar surface area (TPSA) is 90.9 Å². The monoisotopic (exact) mass is 525 g/mol. The first kappa shape index (κ1) is 26.0. The van der Waals surface area contributed by atoms with Crippen LogP contribution in [0.5, 0.6) is 17.2 Å². The number of hydrogen-bond acceptors (Lipinski definition) is 7. The largest absolute Gasteiger partial charge is 0.497 e. The SMILES string of the molecule is COCc1nc(Cl)c(Oc2cc(OC)ccc2Cl)c(N(CC(C)C)S(=O)(=O)c2ccccc2)n1. The summed E-state index contributed by atoms with van der Waals surface area (Å²) in [5, 5.41) is 0.179. The molecule has 0 aliphatic carbocycles. The molecule has 8 nitrogen and oxygen atoms in total. The maximum atomic E-state index is 13.7. The Morgan fingerprint density at radius 2 is 1.74 bits per heavy atom. The summed E-state index contributed by atoms with van der Waals surface area (Å²) in [5.74, 6) is 0.758. The molecule has 0 radical (unpaired) electrons. The maximum absolute atomic E-state index is 13.7. The summed E-state index contributed by atoms with van der Waals surface area (Å²) in [7, 11) is -1.05. The van der Waals surface area contributed by atoms with Gasteiger partial charge in [0, 0.05) is 19.7 Å². The van der Waals surface area contributed by atoms with Gasteiger partial charge in [-0.05, 0) is 30.2 Å². The predicted molar refractivity (Wildman–Crippen MR) is 132 cm³/mol. The summed E-state index contributed by atoms with van der Waals surface area (Å²) in [4.78, 5) is 8.78. The number of sulfonamides is 1. The molecule has 0 amide bonds. The van der Waals surface area contributed by atoms with Crippen LogP contribution >= 0.6 is 23.2 Å². The first-order valence-corrected chi connectivity index (χ1v) is 12.5. The second-order valence-electron chi connectivity index (χ2n) is 7.66. The first-order valence-electron chi connectivity index (χ1n) is 10.3. The summed E-state index contributed by atoms with van der Waals surface area (Å²) in [6.45, 7) is 3.92. The van der Waals surface area contributed by atoms with Crippen molar-refractivity contribution in [3.8, 4) is 17.2 Å². The minimum Gasteiger partial charge on any atom is -0.497 e. The summed E-state index contributed by atoms with van der Waals surface area (Å²) >= 11 is 12.8. The number of rotatable bonds is 10. The highest BCUT2D eigenvalue weighted by molar-refractivity contribution is 7.92. The quantitative estimate of drug-likeness (QED) is 0.319. The molecule has 3 aromatic rings. The van der Waals surface area contributed by atoms with Gasteiger partial charge in [0.05, 0.1) is 17.0 Å². The number of aromatic nitrogens is 2. The smallest absolute Gasteiger partial charge is 0.265 e. The lowest BCUT2D eigenvalue weighted by atomic mass is 10.2. The van der Waals surface area contributed by atoms with Crippen molar-refractivity contribution in [3.05, 3.63) is 64.5 Å². The van der Waals surface area contributed by atoms with Crippen molar-refractivity contribution in [2.75, 3.05) is 25.1 Å². The standard InChI is InChI=1S/C23H25Cl2N3O5S/c1-15(2)13-28(34(29,30)17-8-6-5-7-9-17)23-21(22(25)26-20(27-23)14-31-3)33-19-12-16(32-4)10-11-18(19)24/h5-12,15H,13-14H2,1-4H3. The van der Waals surface area contributed by atoms with Gasteiger partial charge in [0.1, 0.15) is 18.1 Å². The lowest BCUT2D eigenvalue weighted by Gasteiger charge is -2.27. The van der Waals surface area contributed by atoms with Crippen molar-refractivity contribution in [3.63, 3.8) is 0 Å². The van der Waals surface area contributed by atoms with Crippen LogP contribution in [0.2, 0.25) is 10.2 Å². The number of ether oxygens (including phenoxy) is 3. The van der Waals surface area contributed by atoms with Crippen LogP contribution in [0.15, 0.2) is 53.4 Å². The Labute approximate surface area is 209 Å². The molecule has 0 unspecified atom stereocenters. The minimum absolute atomic E-state index is 0.0216. The van der Waals surface area contributed by atoms with E-state index in [-0.39, 0.29) is 57.3 Å². The molecule has 34 heavy (non-hydrogen) atoms. The van der Waals surface area contributed by atoms with Gasteiger partial charge in [-0.1, -0.05) is 55.2 Å². The molecule has 0 bridgehead atoms. The van der Waals surface area contributed by atoms with E-state index in [4.69, 9.17) is 37.4 Å². The molecule has 1 aromatic heterocycles. The van der Waals surface area contributed by atoms with Gasteiger partial charge in [-0.15, -0.1) is 0 Å². The highest BCUT2D eigenvalue weighted by Gasteiger charge is 2.32. The molecule has 2 aromatic carbocycles. The first-order chi connectivity index (χ1) is 16.2. The lowest BCUT2D eigenvalue weighted by molar-refractivity contribution is 0.177. The Kier molecular flexibility index (Phi) is 8.59. The van der Waals surface area contributed by atoms with Crippen LogP contribution in [0.25, 0.3) is 0 Å². The zero-order valence-corrected chi connectivity index (χ0v) is 21.5. The molecule has 1 heterocycles. The van der Waals surface area contributed by atoms with Crippen molar-refractivity contribution in [1.82, 2.24) is 9.97 Å². The molecule has 0 spiro atoms. The van der Waals surface area contributed by atoms with Gasteiger partial charge < -0.3 is 14.2 Å². The number of hydrogen-bond donors (Lipinski definition) is 0. The van der Waals surface area contributed by atoms with Crippen molar-refractivity contribution < 1.29 is 22.6 Å². The van der Waals surface area contributed by atoms with Gasteiger partial charge in [-0.3, -0.25) is 0 Å². The molecule has 0 aliphatic rings. The average Bonchev–Trinajstić information content (AvgIpc) is 2.81. The number of methoxy groups -OCH3 is 2. The molecule has 182 valence electrons. The van der Waals surface area contributed by atoms with Gasteiger partial charge in [0.2, 0.25) is 5.75 Å². The maximum Gasteiger partial charge on any atom is 0.265 e. The van der Waals surface area contributed by atoms with Crippen LogP contribution in [0.4, 0.5) is 5.82 Å². The predicted octanol–water partition coefficient (Wildman–Crippen LogP) is 5.58. The summed E-state index contributed by atoms with van der Waals surface area (Å²) in [6.07, 6.45) is 0. The van der Waals surface area contributed by atoms with E-state index in [0.717, 1.165) is 0 Å². The lowest BCUT2D eigenvalue weighted by Crippen LogP contribution is -2.35. The van der Waals surface area contributed by atoms with Crippen LogP contribution in [-0.2, 0) is 21.4 Å². The molecular weight excluding hydrogens is 501 g/mol. The summed E-state index contributed by atoms with van der Waals surface area (Å²) in [6, 6.07) is 12.9. The molecular formula is C23H25Cl2N3O5S. The third kappa shape index (κ3) is 5.90. The van der Waals surface area contributed by atoms with Crippen LogP contribution in [-0.4, -0.2) is 39.2 Å².